The van der Waals surface area contributed by atoms with Crippen molar-refractivity contribution in [3.8, 4) is 0 Å². The summed E-state index contributed by atoms with van der Waals surface area (Å²) in [6, 6.07) is 0. The van der Waals surface area contributed by atoms with Gasteiger partial charge in [0, 0.05) is 19.6 Å². The van der Waals surface area contributed by atoms with E-state index in [9.17, 15) is 15.0 Å². The molecular formula is C33H54O6. The number of aliphatic carboxylic acids is 1. The third kappa shape index (κ3) is 4.91. The smallest absolute Gasteiger partial charge is 0.303 e. The van der Waals surface area contributed by atoms with E-state index < -0.39 is 11.6 Å². The molecule has 2 heterocycles. The van der Waals surface area contributed by atoms with Crippen LogP contribution in [0.1, 0.15) is 117 Å². The predicted octanol–water partition coefficient (Wildman–Crippen LogP) is 6.58. The Bertz CT molecular complexity index is 881. The van der Waals surface area contributed by atoms with Gasteiger partial charge in [0.25, 0.3) is 0 Å². The van der Waals surface area contributed by atoms with Crippen molar-refractivity contribution in [2.24, 2.45) is 46.3 Å². The van der Waals surface area contributed by atoms with E-state index in [2.05, 4.69) is 20.8 Å². The molecule has 2 saturated heterocycles. The Kier molecular flexibility index (Phi) is 7.91. The van der Waals surface area contributed by atoms with Gasteiger partial charge in [0.1, 0.15) is 0 Å². The molecule has 4 aliphatic carbocycles. The van der Waals surface area contributed by atoms with Crippen molar-refractivity contribution >= 4 is 5.97 Å². The van der Waals surface area contributed by atoms with Crippen molar-refractivity contribution in [2.45, 2.75) is 141 Å². The standard InChI is InChI=1S/C33H54O6/c1-21(9-12-28(34)35)24-10-11-25-30-26(14-16-32(24,25)3)31(2)15-13-23(39-29-8-4-5-17-38-29)19-22(31)20-33(30,36)27-7-6-18-37-27/h21-27,29-30,36H,4-20H2,1-3H3,(H,34,35)/t21-,22-,23+,24+,25-,26-,27?,29?,30-,31-,32+,33?/m0/s1. The first kappa shape index (κ1) is 28.4. The molecular weight excluding hydrogens is 492 g/mol. The molecule has 6 fully saturated rings. The van der Waals surface area contributed by atoms with Crippen LogP contribution in [0.2, 0.25) is 0 Å². The number of fused-ring (bicyclic) bond motifs is 5. The van der Waals surface area contributed by atoms with Crippen LogP contribution in [-0.2, 0) is 19.0 Å². The summed E-state index contributed by atoms with van der Waals surface area (Å²) in [5, 5.41) is 22.3. The van der Waals surface area contributed by atoms with Crippen molar-refractivity contribution < 1.29 is 29.2 Å². The Labute approximate surface area is 235 Å². The van der Waals surface area contributed by atoms with Crippen molar-refractivity contribution in [1.29, 1.82) is 0 Å². The van der Waals surface area contributed by atoms with E-state index in [-0.39, 0.29) is 41.7 Å². The molecule has 2 N–H and O–H groups in total. The summed E-state index contributed by atoms with van der Waals surface area (Å²) in [6.07, 6.45) is 15.4. The average Bonchev–Trinajstić information content (AvgIpc) is 3.57. The minimum Gasteiger partial charge on any atom is -0.481 e. The fourth-order valence-electron chi connectivity index (χ4n) is 11.3. The maximum Gasteiger partial charge on any atom is 0.303 e. The van der Waals surface area contributed by atoms with E-state index in [0.29, 0.717) is 29.6 Å². The van der Waals surface area contributed by atoms with E-state index in [1.54, 1.807) is 0 Å². The number of carboxylic acids is 1. The molecule has 6 heteroatoms. The molecule has 0 bridgehead atoms. The number of rotatable bonds is 7. The summed E-state index contributed by atoms with van der Waals surface area (Å²) >= 11 is 0. The third-order valence-electron chi connectivity index (χ3n) is 13.3. The normalized spacial score (nSPS) is 50.6. The summed E-state index contributed by atoms with van der Waals surface area (Å²) in [4.78, 5) is 11.3. The van der Waals surface area contributed by atoms with Gasteiger partial charge in [-0.1, -0.05) is 20.8 Å². The Morgan fingerprint density at radius 2 is 1.72 bits per heavy atom. The first-order chi connectivity index (χ1) is 18.6. The lowest BCUT2D eigenvalue weighted by Crippen LogP contribution is -2.67. The summed E-state index contributed by atoms with van der Waals surface area (Å²) in [6.45, 7) is 8.94. The Hall–Kier alpha value is -0.690. The van der Waals surface area contributed by atoms with Gasteiger partial charge in [-0.25, -0.2) is 0 Å². The number of aliphatic hydroxyl groups is 1. The highest BCUT2D eigenvalue weighted by Gasteiger charge is 2.68. The molecule has 222 valence electrons. The molecule has 0 radical (unpaired) electrons. The van der Waals surface area contributed by atoms with Crippen molar-refractivity contribution in [1.82, 2.24) is 0 Å². The maximum atomic E-state index is 12.9. The zero-order chi connectivity index (χ0) is 27.4. The average molecular weight is 547 g/mol. The summed E-state index contributed by atoms with van der Waals surface area (Å²) in [7, 11) is 0. The van der Waals surface area contributed by atoms with E-state index in [1.165, 1.54) is 38.5 Å². The Morgan fingerprint density at radius 1 is 0.949 bits per heavy atom. The zero-order valence-electron chi connectivity index (χ0n) is 24.7. The molecule has 0 aromatic heterocycles. The fourth-order valence-corrected chi connectivity index (χ4v) is 11.3. The second-order valence-electron chi connectivity index (χ2n) is 15.1. The van der Waals surface area contributed by atoms with Crippen LogP contribution in [0, 0.1) is 46.3 Å². The zero-order valence-corrected chi connectivity index (χ0v) is 24.7. The lowest BCUT2D eigenvalue weighted by Gasteiger charge is -2.66. The quantitative estimate of drug-likeness (QED) is 0.351. The molecule has 12 atom stereocenters. The minimum atomic E-state index is -0.778. The minimum absolute atomic E-state index is 0.0459. The van der Waals surface area contributed by atoms with Crippen molar-refractivity contribution in [2.75, 3.05) is 13.2 Å². The molecule has 4 saturated carbocycles. The number of carbonyl (C=O) groups is 1. The van der Waals surface area contributed by atoms with Crippen LogP contribution < -0.4 is 0 Å². The maximum absolute atomic E-state index is 12.9. The van der Waals surface area contributed by atoms with Gasteiger partial charge in [-0.05, 0) is 136 Å². The van der Waals surface area contributed by atoms with Gasteiger partial charge >= 0.3 is 5.97 Å². The summed E-state index contributed by atoms with van der Waals surface area (Å²) < 4.78 is 18.8. The summed E-state index contributed by atoms with van der Waals surface area (Å²) in [5.41, 5.74) is -0.370. The molecule has 0 spiro atoms. The lowest BCUT2D eigenvalue weighted by molar-refractivity contribution is -0.261. The molecule has 0 amide bonds. The number of carboxylic acid groups (broad SMARTS) is 1. The van der Waals surface area contributed by atoms with Gasteiger partial charge in [0.15, 0.2) is 6.29 Å². The van der Waals surface area contributed by atoms with Gasteiger partial charge in [-0.2, -0.15) is 0 Å². The molecule has 0 aromatic rings. The Balaban J connectivity index is 1.26. The molecule has 39 heavy (non-hydrogen) atoms. The highest BCUT2D eigenvalue weighted by molar-refractivity contribution is 5.66. The highest BCUT2D eigenvalue weighted by atomic mass is 16.7. The van der Waals surface area contributed by atoms with Gasteiger partial charge in [0.05, 0.1) is 17.8 Å². The summed E-state index contributed by atoms with van der Waals surface area (Å²) in [5.74, 6) is 2.00. The van der Waals surface area contributed by atoms with E-state index >= 15 is 0 Å². The van der Waals surface area contributed by atoms with E-state index in [1.807, 2.05) is 0 Å². The van der Waals surface area contributed by atoms with Crippen LogP contribution in [-0.4, -0.2) is 53.5 Å². The second kappa shape index (κ2) is 10.9. The van der Waals surface area contributed by atoms with Gasteiger partial charge in [-0.3, -0.25) is 4.79 Å². The van der Waals surface area contributed by atoms with Crippen LogP contribution in [0.15, 0.2) is 0 Å². The van der Waals surface area contributed by atoms with E-state index in [0.717, 1.165) is 64.6 Å². The number of hydrogen-bond donors (Lipinski definition) is 2. The van der Waals surface area contributed by atoms with Crippen LogP contribution in [0.3, 0.4) is 0 Å². The highest BCUT2D eigenvalue weighted by Crippen LogP contribution is 2.71. The van der Waals surface area contributed by atoms with Crippen LogP contribution in [0.5, 0.6) is 0 Å². The SMILES string of the molecule is C[C@@H](CCC(=O)O)[C@H]1CC[C@H]2[C@H]3[C@H](CC[C@]12C)[C@@]1(C)CC[C@@H](OC2CCCCO2)C[C@H]1CC3(O)C1CCCO1. The molecule has 3 unspecified atom stereocenters. The lowest BCUT2D eigenvalue weighted by atomic mass is 9.40. The van der Waals surface area contributed by atoms with Crippen LogP contribution in [0.4, 0.5) is 0 Å². The predicted molar refractivity (Wildman–Crippen MR) is 149 cm³/mol. The Morgan fingerprint density at radius 3 is 2.44 bits per heavy atom. The molecule has 6 nitrogen and oxygen atoms in total. The fraction of sp³-hybridized carbons (Fsp3) is 0.970. The number of hydrogen-bond acceptors (Lipinski definition) is 5. The van der Waals surface area contributed by atoms with E-state index in [4.69, 9.17) is 14.2 Å². The molecule has 2 aliphatic heterocycles. The topological polar surface area (TPSA) is 85.2 Å². The largest absolute Gasteiger partial charge is 0.481 e. The van der Waals surface area contributed by atoms with Crippen molar-refractivity contribution in [3.63, 3.8) is 0 Å². The third-order valence-corrected chi connectivity index (χ3v) is 13.3. The monoisotopic (exact) mass is 546 g/mol. The first-order valence-corrected chi connectivity index (χ1v) is 16.5. The van der Waals surface area contributed by atoms with Crippen LogP contribution in [0.25, 0.3) is 0 Å². The molecule has 0 aromatic carbocycles. The van der Waals surface area contributed by atoms with Crippen molar-refractivity contribution in [3.05, 3.63) is 0 Å². The first-order valence-electron chi connectivity index (χ1n) is 16.5. The van der Waals surface area contributed by atoms with Gasteiger partial charge in [-0.15, -0.1) is 0 Å². The van der Waals surface area contributed by atoms with Gasteiger partial charge < -0.3 is 24.4 Å². The number of ether oxygens (including phenoxy) is 3. The molecule has 6 aliphatic rings. The second-order valence-corrected chi connectivity index (χ2v) is 15.1. The molecule has 6 rings (SSSR count). The van der Waals surface area contributed by atoms with Crippen LogP contribution >= 0.6 is 0 Å². The van der Waals surface area contributed by atoms with Gasteiger partial charge in [0.2, 0.25) is 0 Å².